The molecule has 1 aromatic carbocycles. The van der Waals surface area contributed by atoms with Crippen molar-refractivity contribution in [2.45, 2.75) is 24.9 Å². The first-order valence-electron chi connectivity index (χ1n) is 6.40. The third-order valence-electron chi connectivity index (χ3n) is 3.79. The van der Waals surface area contributed by atoms with Crippen LogP contribution in [0.5, 0.6) is 0 Å². The van der Waals surface area contributed by atoms with Gasteiger partial charge in [-0.15, -0.1) is 0 Å². The number of nitrogens with zero attached hydrogens (tertiary/aromatic N) is 1. The van der Waals surface area contributed by atoms with Gasteiger partial charge in [-0.05, 0) is 25.5 Å². The molecule has 18 heavy (non-hydrogen) atoms. The fourth-order valence-electron chi connectivity index (χ4n) is 2.38. The predicted molar refractivity (Wildman–Crippen MR) is 71.9 cm³/mol. The number of benzene rings is 1. The van der Waals surface area contributed by atoms with E-state index in [9.17, 15) is 4.79 Å². The molecule has 1 amide bonds. The lowest BCUT2D eigenvalue weighted by atomic mass is 9.86. The van der Waals surface area contributed by atoms with Crippen molar-refractivity contribution in [1.82, 2.24) is 10.2 Å². The fourth-order valence-corrected chi connectivity index (χ4v) is 2.38. The van der Waals surface area contributed by atoms with Gasteiger partial charge in [0.25, 0.3) is 0 Å². The van der Waals surface area contributed by atoms with Crippen LogP contribution in [-0.2, 0) is 11.3 Å². The Morgan fingerprint density at radius 1 is 1.33 bits per heavy atom. The van der Waals surface area contributed by atoms with Crippen LogP contribution in [0.15, 0.2) is 30.3 Å². The van der Waals surface area contributed by atoms with E-state index in [2.05, 4.69) is 29.4 Å². The third kappa shape index (κ3) is 2.89. The van der Waals surface area contributed by atoms with Crippen molar-refractivity contribution in [3.05, 3.63) is 35.9 Å². The quantitative estimate of drug-likeness (QED) is 0.824. The van der Waals surface area contributed by atoms with Gasteiger partial charge in [-0.2, -0.15) is 0 Å². The van der Waals surface area contributed by atoms with E-state index in [1.807, 2.05) is 18.2 Å². The Kier molecular flexibility index (Phi) is 3.99. The fraction of sp³-hybridized carbons (Fsp3) is 0.500. The molecule has 2 rings (SSSR count). The van der Waals surface area contributed by atoms with E-state index in [1.54, 1.807) is 0 Å². The van der Waals surface area contributed by atoms with Crippen LogP contribution in [0.2, 0.25) is 0 Å². The molecule has 1 aliphatic heterocycles. The Hall–Kier alpha value is -1.39. The number of carbonyl (C=O) groups is 1. The molecule has 98 valence electrons. The summed E-state index contributed by atoms with van der Waals surface area (Å²) in [5.74, 6) is -0.230. The van der Waals surface area contributed by atoms with E-state index in [-0.39, 0.29) is 5.91 Å². The molecule has 1 saturated heterocycles. The average molecular weight is 247 g/mol. The average Bonchev–Trinajstić information content (AvgIpc) is 2.39. The van der Waals surface area contributed by atoms with Crippen LogP contribution in [0.3, 0.4) is 0 Å². The minimum atomic E-state index is -0.539. The number of hydrogen-bond donors (Lipinski definition) is 2. The van der Waals surface area contributed by atoms with Crippen LogP contribution < -0.4 is 11.1 Å². The molecule has 0 atom stereocenters. The highest BCUT2D eigenvalue weighted by Crippen LogP contribution is 2.21. The Morgan fingerprint density at radius 2 is 1.94 bits per heavy atom. The van der Waals surface area contributed by atoms with E-state index in [4.69, 9.17) is 5.73 Å². The molecule has 0 aromatic heterocycles. The molecule has 0 spiro atoms. The zero-order valence-electron chi connectivity index (χ0n) is 10.9. The molecule has 0 bridgehead atoms. The van der Waals surface area contributed by atoms with Crippen molar-refractivity contribution in [1.29, 1.82) is 0 Å². The van der Waals surface area contributed by atoms with Crippen LogP contribution in [0.1, 0.15) is 18.4 Å². The maximum Gasteiger partial charge on any atom is 0.237 e. The highest BCUT2D eigenvalue weighted by atomic mass is 16.1. The molecule has 0 saturated carbocycles. The van der Waals surface area contributed by atoms with Gasteiger partial charge in [0.05, 0.1) is 0 Å². The lowest BCUT2D eigenvalue weighted by molar-refractivity contribution is -0.126. The van der Waals surface area contributed by atoms with Gasteiger partial charge in [0.2, 0.25) is 5.91 Å². The van der Waals surface area contributed by atoms with Crippen molar-refractivity contribution in [2.75, 3.05) is 20.1 Å². The predicted octanol–water partition coefficient (Wildman–Crippen LogP) is 0.726. The summed E-state index contributed by atoms with van der Waals surface area (Å²) in [4.78, 5) is 14.0. The molecular weight excluding hydrogens is 226 g/mol. The van der Waals surface area contributed by atoms with Gasteiger partial charge in [0.1, 0.15) is 5.54 Å². The summed E-state index contributed by atoms with van der Waals surface area (Å²) < 4.78 is 0. The maximum atomic E-state index is 11.7. The largest absolute Gasteiger partial charge is 0.368 e. The Morgan fingerprint density at radius 3 is 2.50 bits per heavy atom. The van der Waals surface area contributed by atoms with Gasteiger partial charge >= 0.3 is 0 Å². The minimum Gasteiger partial charge on any atom is -0.368 e. The van der Waals surface area contributed by atoms with Crippen LogP contribution in [-0.4, -0.2) is 36.5 Å². The summed E-state index contributed by atoms with van der Waals surface area (Å²) in [6.45, 7) is 2.50. The standard InChI is InChI=1S/C14H21N3O/c1-17-9-7-14(8-10-17,13(15)18)16-11-12-5-3-2-4-6-12/h2-6,16H,7-11H2,1H3,(H2,15,18). The van der Waals surface area contributed by atoms with Crippen LogP contribution in [0.4, 0.5) is 0 Å². The van der Waals surface area contributed by atoms with Gasteiger partial charge < -0.3 is 10.6 Å². The van der Waals surface area contributed by atoms with E-state index < -0.39 is 5.54 Å². The second-order valence-electron chi connectivity index (χ2n) is 5.09. The van der Waals surface area contributed by atoms with E-state index in [0.29, 0.717) is 6.54 Å². The van der Waals surface area contributed by atoms with Crippen molar-refractivity contribution in [2.24, 2.45) is 5.73 Å². The van der Waals surface area contributed by atoms with Gasteiger partial charge in [-0.3, -0.25) is 10.1 Å². The number of nitrogens with two attached hydrogens (primary N) is 1. The number of likely N-dealkylation sites (tertiary alicyclic amines) is 1. The Bertz CT molecular complexity index is 397. The first kappa shape index (κ1) is 13.1. The number of rotatable bonds is 4. The lowest BCUT2D eigenvalue weighted by Gasteiger charge is -2.39. The highest BCUT2D eigenvalue weighted by Gasteiger charge is 2.38. The van der Waals surface area contributed by atoms with Crippen LogP contribution in [0.25, 0.3) is 0 Å². The summed E-state index contributed by atoms with van der Waals surface area (Å²) in [5.41, 5.74) is 6.23. The summed E-state index contributed by atoms with van der Waals surface area (Å²) in [6.07, 6.45) is 1.57. The second-order valence-corrected chi connectivity index (χ2v) is 5.09. The summed E-state index contributed by atoms with van der Waals surface area (Å²) in [6, 6.07) is 10.1. The maximum absolute atomic E-state index is 11.7. The van der Waals surface area contributed by atoms with E-state index in [0.717, 1.165) is 25.9 Å². The molecule has 1 aliphatic rings. The first-order valence-corrected chi connectivity index (χ1v) is 6.40. The summed E-state index contributed by atoms with van der Waals surface area (Å²) >= 11 is 0. The number of carbonyl (C=O) groups excluding carboxylic acids is 1. The van der Waals surface area contributed by atoms with Crippen molar-refractivity contribution >= 4 is 5.91 Å². The topological polar surface area (TPSA) is 58.4 Å². The van der Waals surface area contributed by atoms with Crippen LogP contribution >= 0.6 is 0 Å². The zero-order chi connectivity index (χ0) is 13.0. The smallest absolute Gasteiger partial charge is 0.237 e. The van der Waals surface area contributed by atoms with Crippen molar-refractivity contribution < 1.29 is 4.79 Å². The Balaban J connectivity index is 2.01. The van der Waals surface area contributed by atoms with Crippen molar-refractivity contribution in [3.8, 4) is 0 Å². The zero-order valence-corrected chi connectivity index (χ0v) is 10.9. The number of primary amides is 1. The van der Waals surface area contributed by atoms with E-state index >= 15 is 0 Å². The molecule has 0 radical (unpaired) electrons. The number of piperidine rings is 1. The number of hydrogen-bond acceptors (Lipinski definition) is 3. The first-order chi connectivity index (χ1) is 8.62. The molecule has 3 N–H and O–H groups in total. The molecule has 0 aliphatic carbocycles. The molecular formula is C14H21N3O. The molecule has 4 nitrogen and oxygen atoms in total. The molecule has 1 heterocycles. The van der Waals surface area contributed by atoms with Crippen molar-refractivity contribution in [3.63, 3.8) is 0 Å². The summed E-state index contributed by atoms with van der Waals surface area (Å²) in [5, 5.41) is 3.37. The molecule has 0 unspecified atom stereocenters. The monoisotopic (exact) mass is 247 g/mol. The van der Waals surface area contributed by atoms with E-state index in [1.165, 1.54) is 5.56 Å². The lowest BCUT2D eigenvalue weighted by Crippen LogP contribution is -2.60. The van der Waals surface area contributed by atoms with Crippen LogP contribution in [0, 0.1) is 0 Å². The highest BCUT2D eigenvalue weighted by molar-refractivity contribution is 5.84. The molecule has 1 fully saturated rings. The SMILES string of the molecule is CN1CCC(NCc2ccccc2)(C(N)=O)CC1. The minimum absolute atomic E-state index is 0.230. The van der Waals surface area contributed by atoms with Gasteiger partial charge in [-0.1, -0.05) is 30.3 Å². The third-order valence-corrected chi connectivity index (χ3v) is 3.79. The number of amides is 1. The molecule has 4 heteroatoms. The summed E-state index contributed by atoms with van der Waals surface area (Å²) in [7, 11) is 2.07. The molecule has 1 aromatic rings. The Labute approximate surface area is 108 Å². The van der Waals surface area contributed by atoms with Gasteiger partial charge in [-0.25, -0.2) is 0 Å². The second kappa shape index (κ2) is 5.50. The van der Waals surface area contributed by atoms with Gasteiger partial charge in [0.15, 0.2) is 0 Å². The number of nitrogens with one attached hydrogen (secondary N) is 1. The van der Waals surface area contributed by atoms with Gasteiger partial charge in [0, 0.05) is 19.6 Å². The normalized spacial score (nSPS) is 19.6.